The summed E-state index contributed by atoms with van der Waals surface area (Å²) in [4.78, 5) is 9.77. The van der Waals surface area contributed by atoms with Crippen LogP contribution < -0.4 is 5.32 Å². The number of halogens is 4. The molecule has 0 saturated heterocycles. The zero-order chi connectivity index (χ0) is 17.7. The van der Waals surface area contributed by atoms with Crippen molar-refractivity contribution in [3.8, 4) is 0 Å². The Morgan fingerprint density at radius 1 is 1.44 bits per heavy atom. The second-order valence-corrected chi connectivity index (χ2v) is 6.26. The van der Waals surface area contributed by atoms with Crippen LogP contribution in [-0.2, 0) is 26.2 Å². The fourth-order valence-corrected chi connectivity index (χ4v) is 3.01. The number of hydrogen-bond donors (Lipinski definition) is 1. The molecule has 0 unspecified atom stereocenters. The van der Waals surface area contributed by atoms with Crippen LogP contribution in [0.15, 0.2) is 28.7 Å². The average molecular weight is 487 g/mol. The van der Waals surface area contributed by atoms with E-state index in [4.69, 9.17) is 0 Å². The van der Waals surface area contributed by atoms with Crippen LogP contribution in [0.5, 0.6) is 0 Å². The van der Waals surface area contributed by atoms with Crippen molar-refractivity contribution < 1.29 is 13.2 Å². The maximum Gasteiger partial charge on any atom is 0.434 e. The van der Waals surface area contributed by atoms with Crippen LogP contribution in [0, 0.1) is 0 Å². The van der Waals surface area contributed by atoms with Crippen LogP contribution >= 0.6 is 35.3 Å². The molecular weight excluding hydrogens is 466 g/mol. The fraction of sp³-hybridized carbons (Fsp3) is 0.467. The Morgan fingerprint density at radius 3 is 2.68 bits per heavy atom. The van der Waals surface area contributed by atoms with E-state index in [1.807, 2.05) is 41.9 Å². The van der Waals surface area contributed by atoms with E-state index in [1.165, 1.54) is 0 Å². The molecule has 0 aliphatic rings. The molecule has 2 rings (SSSR count). The number of aryl methyl sites for hydroxylation is 1. The number of nitrogens with zero attached hydrogens (tertiary/aromatic N) is 4. The summed E-state index contributed by atoms with van der Waals surface area (Å²) in [6.07, 6.45) is -1.99. The lowest BCUT2D eigenvalue weighted by Gasteiger charge is -2.22. The molecule has 10 heteroatoms. The van der Waals surface area contributed by atoms with Gasteiger partial charge in [0.15, 0.2) is 11.7 Å². The van der Waals surface area contributed by atoms with Crippen LogP contribution in [0.3, 0.4) is 0 Å². The van der Waals surface area contributed by atoms with Crippen molar-refractivity contribution in [2.75, 3.05) is 20.6 Å². The first kappa shape index (κ1) is 21.7. The molecule has 0 bridgehead atoms. The Morgan fingerprint density at radius 2 is 2.16 bits per heavy atom. The van der Waals surface area contributed by atoms with Crippen molar-refractivity contribution in [1.82, 2.24) is 19.8 Å². The fourth-order valence-electron chi connectivity index (χ4n) is 2.20. The molecule has 0 fully saturated rings. The maximum atomic E-state index is 12.5. The Balaban J connectivity index is 0.00000312. The average Bonchev–Trinajstić information content (AvgIpc) is 3.13. The SMILES string of the molecule is CN=C(NCCc1nc(C(F)(F)F)cs1)N(C)Cc1cccn1C.I. The van der Waals surface area contributed by atoms with E-state index in [9.17, 15) is 13.2 Å². The predicted molar refractivity (Wildman–Crippen MR) is 104 cm³/mol. The van der Waals surface area contributed by atoms with Crippen molar-refractivity contribution in [1.29, 1.82) is 0 Å². The summed E-state index contributed by atoms with van der Waals surface area (Å²) < 4.78 is 39.6. The molecule has 2 aromatic rings. The second kappa shape index (κ2) is 9.41. The van der Waals surface area contributed by atoms with Crippen molar-refractivity contribution in [3.05, 3.63) is 40.1 Å². The highest BCUT2D eigenvalue weighted by Gasteiger charge is 2.33. The lowest BCUT2D eigenvalue weighted by atomic mass is 10.4. The highest BCUT2D eigenvalue weighted by atomic mass is 127. The van der Waals surface area contributed by atoms with Gasteiger partial charge in [0.1, 0.15) is 0 Å². The summed E-state index contributed by atoms with van der Waals surface area (Å²) in [6.45, 7) is 1.15. The highest BCUT2D eigenvalue weighted by Crippen LogP contribution is 2.29. The van der Waals surface area contributed by atoms with Gasteiger partial charge in [-0.1, -0.05) is 0 Å². The first-order valence-corrected chi connectivity index (χ1v) is 8.23. The molecule has 2 heterocycles. The van der Waals surface area contributed by atoms with E-state index in [0.717, 1.165) is 22.4 Å². The maximum absolute atomic E-state index is 12.5. The number of rotatable bonds is 5. The molecule has 0 amide bonds. The normalized spacial score (nSPS) is 12.0. The van der Waals surface area contributed by atoms with Crippen LogP contribution in [0.4, 0.5) is 13.2 Å². The van der Waals surface area contributed by atoms with E-state index in [1.54, 1.807) is 7.05 Å². The summed E-state index contributed by atoms with van der Waals surface area (Å²) >= 11 is 1.02. The van der Waals surface area contributed by atoms with Gasteiger partial charge in [0, 0.05) is 51.4 Å². The van der Waals surface area contributed by atoms with E-state index in [0.29, 0.717) is 30.5 Å². The summed E-state index contributed by atoms with van der Waals surface area (Å²) in [5.74, 6) is 0.684. The molecule has 140 valence electrons. The second-order valence-electron chi connectivity index (χ2n) is 5.31. The van der Waals surface area contributed by atoms with Crippen molar-refractivity contribution in [2.45, 2.75) is 19.1 Å². The van der Waals surface area contributed by atoms with Gasteiger partial charge in [0.2, 0.25) is 0 Å². The molecule has 0 saturated carbocycles. The third kappa shape index (κ3) is 6.17. The first-order chi connectivity index (χ1) is 11.3. The smallest absolute Gasteiger partial charge is 0.356 e. The van der Waals surface area contributed by atoms with Gasteiger partial charge in [-0.05, 0) is 12.1 Å². The van der Waals surface area contributed by atoms with Gasteiger partial charge in [0.05, 0.1) is 11.6 Å². The van der Waals surface area contributed by atoms with Crippen molar-refractivity contribution in [2.24, 2.45) is 12.0 Å². The molecular formula is C15H21F3IN5S. The van der Waals surface area contributed by atoms with Crippen molar-refractivity contribution in [3.63, 3.8) is 0 Å². The lowest BCUT2D eigenvalue weighted by molar-refractivity contribution is -0.140. The van der Waals surface area contributed by atoms with Gasteiger partial charge in [-0.3, -0.25) is 4.99 Å². The molecule has 2 aromatic heterocycles. The van der Waals surface area contributed by atoms with Crippen LogP contribution in [0.25, 0.3) is 0 Å². The topological polar surface area (TPSA) is 45.5 Å². The number of guanidine groups is 1. The molecule has 0 spiro atoms. The quantitative estimate of drug-likeness (QED) is 0.400. The van der Waals surface area contributed by atoms with Gasteiger partial charge in [-0.15, -0.1) is 35.3 Å². The van der Waals surface area contributed by atoms with E-state index >= 15 is 0 Å². The Hall–Kier alpha value is -1.30. The van der Waals surface area contributed by atoms with Crippen molar-refractivity contribution >= 4 is 41.3 Å². The minimum absolute atomic E-state index is 0. The summed E-state index contributed by atoms with van der Waals surface area (Å²) in [5.41, 5.74) is 0.308. The molecule has 25 heavy (non-hydrogen) atoms. The van der Waals surface area contributed by atoms with Gasteiger partial charge >= 0.3 is 6.18 Å². The number of alkyl halides is 3. The first-order valence-electron chi connectivity index (χ1n) is 7.35. The number of hydrogen-bond acceptors (Lipinski definition) is 3. The monoisotopic (exact) mass is 487 g/mol. The van der Waals surface area contributed by atoms with Gasteiger partial charge in [-0.25, -0.2) is 4.98 Å². The molecule has 5 nitrogen and oxygen atoms in total. The van der Waals surface area contributed by atoms with Crippen LogP contribution in [0.2, 0.25) is 0 Å². The Bertz CT molecular complexity index is 695. The number of thiazole rings is 1. The molecule has 0 radical (unpaired) electrons. The predicted octanol–water partition coefficient (Wildman–Crippen LogP) is 3.37. The third-order valence-electron chi connectivity index (χ3n) is 3.49. The van der Waals surface area contributed by atoms with E-state index < -0.39 is 11.9 Å². The van der Waals surface area contributed by atoms with Gasteiger partial charge in [-0.2, -0.15) is 13.2 Å². The van der Waals surface area contributed by atoms with Crippen LogP contribution in [0.1, 0.15) is 16.4 Å². The van der Waals surface area contributed by atoms with Gasteiger partial charge < -0.3 is 14.8 Å². The standard InChI is InChI=1S/C15H20F3N5S.HI/c1-19-14(23(3)9-11-5-4-8-22(11)2)20-7-6-13-21-12(10-24-13)15(16,17)18;/h4-5,8,10H,6-7,9H2,1-3H3,(H,19,20);1H. The minimum Gasteiger partial charge on any atom is -0.356 e. The zero-order valence-corrected chi connectivity index (χ0v) is 17.3. The van der Waals surface area contributed by atoms with Crippen LogP contribution in [-0.4, -0.2) is 41.1 Å². The highest BCUT2D eigenvalue weighted by molar-refractivity contribution is 14.0. The molecule has 1 N–H and O–H groups in total. The Labute approximate surface area is 166 Å². The molecule has 0 aromatic carbocycles. The number of aromatic nitrogens is 2. The largest absolute Gasteiger partial charge is 0.434 e. The zero-order valence-electron chi connectivity index (χ0n) is 14.2. The Kier molecular flexibility index (Phi) is 8.19. The molecule has 0 aliphatic carbocycles. The summed E-state index contributed by atoms with van der Waals surface area (Å²) in [5, 5.41) is 4.65. The minimum atomic E-state index is -4.38. The third-order valence-corrected chi connectivity index (χ3v) is 4.40. The summed E-state index contributed by atoms with van der Waals surface area (Å²) in [6, 6.07) is 4.00. The summed E-state index contributed by atoms with van der Waals surface area (Å²) in [7, 11) is 5.56. The number of aliphatic imine (C=N–C) groups is 1. The van der Waals surface area contributed by atoms with Gasteiger partial charge in [0.25, 0.3) is 0 Å². The lowest BCUT2D eigenvalue weighted by Crippen LogP contribution is -2.39. The number of nitrogens with one attached hydrogen (secondary N) is 1. The molecule has 0 aliphatic heterocycles. The van der Waals surface area contributed by atoms with E-state index in [-0.39, 0.29) is 24.0 Å². The molecule has 0 atom stereocenters. The van der Waals surface area contributed by atoms with E-state index in [2.05, 4.69) is 15.3 Å².